The number of carbonyl (C=O) groups is 2. The standard InChI is InChI=1S/C25H22N4O11/c1-36-20-7-14(13-26-27-24(30)15-8-17(28(32)33)12-18(9-15)29(34)35)5-6-19(20)40-25(31)16-10-21(37-2)23(39-4)22(11-16)38-3/h5-13H,1-4H3,(H,27,30)/b26-13+. The fraction of sp³-hybridized carbons (Fsp3) is 0.160. The smallest absolute Gasteiger partial charge is 0.343 e. The molecule has 0 bridgehead atoms. The first kappa shape index (κ1) is 28.8. The van der Waals surface area contributed by atoms with Crippen LogP contribution in [0.5, 0.6) is 28.7 Å². The molecule has 15 nitrogen and oxygen atoms in total. The number of nitrogens with zero attached hydrogens (tertiary/aromatic N) is 3. The molecule has 0 spiro atoms. The summed E-state index contributed by atoms with van der Waals surface area (Å²) in [5, 5.41) is 25.8. The van der Waals surface area contributed by atoms with Crippen molar-refractivity contribution in [3.05, 3.63) is 85.4 Å². The zero-order chi connectivity index (χ0) is 29.4. The summed E-state index contributed by atoms with van der Waals surface area (Å²) in [5.74, 6) is -0.596. The highest BCUT2D eigenvalue weighted by molar-refractivity contribution is 5.96. The molecule has 1 amide bonds. The molecule has 3 aromatic carbocycles. The van der Waals surface area contributed by atoms with E-state index in [9.17, 15) is 29.8 Å². The van der Waals surface area contributed by atoms with Crippen LogP contribution >= 0.6 is 0 Å². The van der Waals surface area contributed by atoms with Gasteiger partial charge < -0.3 is 23.7 Å². The number of ether oxygens (including phenoxy) is 5. The quantitative estimate of drug-likeness (QED) is 0.120. The third kappa shape index (κ3) is 6.58. The van der Waals surface area contributed by atoms with E-state index in [-0.39, 0.29) is 34.1 Å². The lowest BCUT2D eigenvalue weighted by molar-refractivity contribution is -0.394. The molecule has 0 aliphatic heterocycles. The van der Waals surface area contributed by atoms with E-state index >= 15 is 0 Å². The van der Waals surface area contributed by atoms with E-state index in [0.29, 0.717) is 11.3 Å². The van der Waals surface area contributed by atoms with E-state index in [0.717, 1.165) is 18.2 Å². The van der Waals surface area contributed by atoms with Gasteiger partial charge in [-0.25, -0.2) is 10.2 Å². The van der Waals surface area contributed by atoms with Gasteiger partial charge in [0.05, 0.1) is 61.7 Å². The van der Waals surface area contributed by atoms with Crippen LogP contribution in [0, 0.1) is 20.2 Å². The zero-order valence-electron chi connectivity index (χ0n) is 21.5. The highest BCUT2D eigenvalue weighted by Crippen LogP contribution is 2.39. The number of esters is 1. The number of hydrogen-bond donors (Lipinski definition) is 1. The maximum Gasteiger partial charge on any atom is 0.343 e. The normalized spacial score (nSPS) is 10.5. The summed E-state index contributed by atoms with van der Waals surface area (Å²) < 4.78 is 26.5. The van der Waals surface area contributed by atoms with Gasteiger partial charge >= 0.3 is 5.97 Å². The van der Waals surface area contributed by atoms with Crippen molar-refractivity contribution >= 4 is 29.5 Å². The number of hydrazone groups is 1. The molecule has 3 aromatic rings. The number of benzene rings is 3. The largest absolute Gasteiger partial charge is 0.493 e. The fourth-order valence-electron chi connectivity index (χ4n) is 3.37. The number of rotatable bonds is 11. The molecule has 0 saturated heterocycles. The van der Waals surface area contributed by atoms with Gasteiger partial charge in [-0.2, -0.15) is 5.10 Å². The van der Waals surface area contributed by atoms with Gasteiger partial charge in [0.15, 0.2) is 23.0 Å². The summed E-state index contributed by atoms with van der Waals surface area (Å²) in [5.41, 5.74) is 1.10. The van der Waals surface area contributed by atoms with Crippen molar-refractivity contribution < 1.29 is 43.1 Å². The fourth-order valence-corrected chi connectivity index (χ4v) is 3.37. The Morgan fingerprint density at radius 3 is 1.82 bits per heavy atom. The number of nitro benzene ring substituents is 2. The topological polar surface area (TPSA) is 191 Å². The van der Waals surface area contributed by atoms with Gasteiger partial charge in [-0.05, 0) is 35.9 Å². The number of nitro groups is 2. The second kappa shape index (κ2) is 12.7. The van der Waals surface area contributed by atoms with Gasteiger partial charge in [-0.1, -0.05) is 0 Å². The predicted octanol–water partition coefficient (Wildman–Crippen LogP) is 3.52. The lowest BCUT2D eigenvalue weighted by Crippen LogP contribution is -2.18. The molecule has 3 rings (SSSR count). The Labute approximate surface area is 226 Å². The predicted molar refractivity (Wildman–Crippen MR) is 139 cm³/mol. The molecule has 0 fully saturated rings. The first-order valence-electron chi connectivity index (χ1n) is 11.1. The summed E-state index contributed by atoms with van der Waals surface area (Å²) in [6.07, 6.45) is 1.22. The number of carbonyl (C=O) groups excluding carboxylic acids is 2. The second-order valence-electron chi connectivity index (χ2n) is 7.67. The molecule has 0 atom stereocenters. The maximum absolute atomic E-state index is 12.8. The van der Waals surface area contributed by atoms with Gasteiger partial charge in [0, 0.05) is 12.1 Å². The number of amides is 1. The van der Waals surface area contributed by atoms with Crippen molar-refractivity contribution in [2.45, 2.75) is 0 Å². The number of nitrogens with one attached hydrogen (secondary N) is 1. The minimum absolute atomic E-state index is 0.0753. The van der Waals surface area contributed by atoms with Crippen LogP contribution in [0.15, 0.2) is 53.6 Å². The van der Waals surface area contributed by atoms with Crippen LogP contribution in [0.1, 0.15) is 26.3 Å². The summed E-state index contributed by atoms with van der Waals surface area (Å²) in [4.78, 5) is 45.6. The van der Waals surface area contributed by atoms with E-state index < -0.39 is 33.1 Å². The van der Waals surface area contributed by atoms with Gasteiger partial charge in [0.1, 0.15) is 0 Å². The van der Waals surface area contributed by atoms with Gasteiger partial charge in [0.25, 0.3) is 17.3 Å². The first-order chi connectivity index (χ1) is 19.1. The average Bonchev–Trinajstić information content (AvgIpc) is 2.96. The zero-order valence-corrected chi connectivity index (χ0v) is 21.5. The van der Waals surface area contributed by atoms with Crippen LogP contribution in [-0.4, -0.2) is 56.4 Å². The van der Waals surface area contributed by atoms with Crippen LogP contribution in [0.3, 0.4) is 0 Å². The Morgan fingerprint density at radius 1 is 0.750 bits per heavy atom. The van der Waals surface area contributed by atoms with Gasteiger partial charge in [0.2, 0.25) is 5.75 Å². The molecule has 0 heterocycles. The molecule has 0 aliphatic carbocycles. The molecular weight excluding hydrogens is 532 g/mol. The van der Waals surface area contributed by atoms with Crippen molar-refractivity contribution in [2.75, 3.05) is 28.4 Å². The van der Waals surface area contributed by atoms with Crippen molar-refractivity contribution in [3.63, 3.8) is 0 Å². The van der Waals surface area contributed by atoms with E-state index in [1.165, 1.54) is 65.0 Å². The Hall–Kier alpha value is -5.73. The minimum Gasteiger partial charge on any atom is -0.493 e. The molecule has 0 saturated carbocycles. The van der Waals surface area contributed by atoms with Gasteiger partial charge in [-0.3, -0.25) is 25.0 Å². The van der Waals surface area contributed by atoms with Crippen molar-refractivity contribution in [1.82, 2.24) is 5.43 Å². The molecule has 0 aromatic heterocycles. The summed E-state index contributed by atoms with van der Waals surface area (Å²) >= 11 is 0. The van der Waals surface area contributed by atoms with E-state index in [2.05, 4.69) is 10.5 Å². The second-order valence-corrected chi connectivity index (χ2v) is 7.67. The molecule has 0 aliphatic rings. The van der Waals surface area contributed by atoms with E-state index in [1.807, 2.05) is 0 Å². The maximum atomic E-state index is 12.8. The van der Waals surface area contributed by atoms with Crippen LogP contribution in [-0.2, 0) is 0 Å². The summed E-state index contributed by atoms with van der Waals surface area (Å²) in [6.45, 7) is 0. The Bertz CT molecular complexity index is 1450. The third-order valence-corrected chi connectivity index (χ3v) is 5.26. The molecule has 15 heteroatoms. The number of hydrogen-bond acceptors (Lipinski definition) is 12. The van der Waals surface area contributed by atoms with Crippen molar-refractivity contribution in [3.8, 4) is 28.7 Å². The van der Waals surface area contributed by atoms with Crippen LogP contribution in [0.25, 0.3) is 0 Å². The molecule has 0 unspecified atom stereocenters. The Balaban J connectivity index is 1.77. The van der Waals surface area contributed by atoms with Crippen molar-refractivity contribution in [1.29, 1.82) is 0 Å². The van der Waals surface area contributed by atoms with Crippen molar-refractivity contribution in [2.24, 2.45) is 5.10 Å². The summed E-state index contributed by atoms with van der Waals surface area (Å²) in [6, 6.07) is 9.77. The Kier molecular flexibility index (Phi) is 9.14. The highest BCUT2D eigenvalue weighted by Gasteiger charge is 2.21. The minimum atomic E-state index is -0.911. The van der Waals surface area contributed by atoms with Crippen LogP contribution < -0.4 is 29.1 Å². The summed E-state index contributed by atoms with van der Waals surface area (Å²) in [7, 11) is 5.60. The highest BCUT2D eigenvalue weighted by atomic mass is 16.6. The lowest BCUT2D eigenvalue weighted by atomic mass is 10.1. The monoisotopic (exact) mass is 554 g/mol. The van der Waals surface area contributed by atoms with E-state index in [4.69, 9.17) is 23.7 Å². The van der Waals surface area contributed by atoms with Crippen LogP contribution in [0.4, 0.5) is 11.4 Å². The molecular formula is C25H22N4O11. The number of non-ortho nitro benzene ring substituents is 2. The van der Waals surface area contributed by atoms with Gasteiger partial charge in [-0.15, -0.1) is 0 Å². The van der Waals surface area contributed by atoms with Crippen LogP contribution in [0.2, 0.25) is 0 Å². The Morgan fingerprint density at radius 2 is 1.32 bits per heavy atom. The average molecular weight is 554 g/mol. The molecule has 1 N–H and O–H groups in total. The lowest BCUT2D eigenvalue weighted by Gasteiger charge is -2.14. The third-order valence-electron chi connectivity index (χ3n) is 5.26. The molecule has 208 valence electrons. The SMILES string of the molecule is COc1cc(/C=N/NC(=O)c2cc([N+](=O)[O-])cc([N+](=O)[O-])c2)ccc1OC(=O)c1cc(OC)c(OC)c(OC)c1. The molecule has 40 heavy (non-hydrogen) atoms. The molecule has 0 radical (unpaired) electrons. The van der Waals surface area contributed by atoms with E-state index in [1.54, 1.807) is 0 Å². The first-order valence-corrected chi connectivity index (χ1v) is 11.1. The number of methoxy groups -OCH3 is 4.